The summed E-state index contributed by atoms with van der Waals surface area (Å²) in [6, 6.07) is 9.54. The monoisotopic (exact) mass is 330 g/mol. The van der Waals surface area contributed by atoms with Crippen molar-refractivity contribution < 1.29 is 4.92 Å². The number of aromatic nitrogens is 1. The first kappa shape index (κ1) is 16.5. The molecular formula is C14H14N6O2S. The van der Waals surface area contributed by atoms with Crippen LogP contribution in [0.4, 0.5) is 21.5 Å². The number of hydrogen-bond donors (Lipinski definition) is 0. The highest BCUT2D eigenvalue weighted by Crippen LogP contribution is 2.29. The molecule has 0 fully saturated rings. The van der Waals surface area contributed by atoms with Crippen LogP contribution in [0.2, 0.25) is 0 Å². The number of rotatable bonds is 7. The molecule has 0 radical (unpaired) electrons. The average molecular weight is 330 g/mol. The first-order chi connectivity index (χ1) is 11.1. The summed E-state index contributed by atoms with van der Waals surface area (Å²) in [4.78, 5) is 16.0. The third-order valence-corrected chi connectivity index (χ3v) is 3.84. The van der Waals surface area contributed by atoms with Crippen LogP contribution in [0.15, 0.2) is 40.7 Å². The van der Waals surface area contributed by atoms with Gasteiger partial charge in [0.05, 0.1) is 23.1 Å². The topological polar surface area (TPSA) is 108 Å². The van der Waals surface area contributed by atoms with E-state index in [2.05, 4.69) is 26.2 Å². The first-order valence-electron chi connectivity index (χ1n) is 6.88. The molecule has 9 heteroatoms. The van der Waals surface area contributed by atoms with Crippen LogP contribution in [0.1, 0.15) is 13.3 Å². The van der Waals surface area contributed by atoms with Crippen molar-refractivity contribution in [2.75, 3.05) is 18.0 Å². The van der Waals surface area contributed by atoms with Crippen LogP contribution < -0.4 is 4.90 Å². The summed E-state index contributed by atoms with van der Waals surface area (Å²) in [7, 11) is 0. The van der Waals surface area contributed by atoms with Gasteiger partial charge in [-0.25, -0.2) is 4.98 Å². The fourth-order valence-electron chi connectivity index (χ4n) is 1.87. The maximum absolute atomic E-state index is 10.6. The van der Waals surface area contributed by atoms with Gasteiger partial charge in [-0.15, -0.1) is 10.2 Å². The van der Waals surface area contributed by atoms with E-state index in [0.29, 0.717) is 18.7 Å². The molecule has 118 valence electrons. The van der Waals surface area contributed by atoms with Crippen molar-refractivity contribution in [1.82, 2.24) is 4.98 Å². The summed E-state index contributed by atoms with van der Waals surface area (Å²) in [5.41, 5.74) is 1.63. The summed E-state index contributed by atoms with van der Waals surface area (Å²) < 4.78 is 0. The Morgan fingerprint density at radius 1 is 1.39 bits per heavy atom. The van der Waals surface area contributed by atoms with E-state index >= 15 is 0 Å². The molecule has 1 heterocycles. The molecule has 0 bridgehead atoms. The lowest BCUT2D eigenvalue weighted by atomic mass is 10.2. The normalized spacial score (nSPS) is 10.6. The Balaban J connectivity index is 2.05. The van der Waals surface area contributed by atoms with Crippen LogP contribution in [0, 0.1) is 21.4 Å². The zero-order valence-corrected chi connectivity index (χ0v) is 13.2. The van der Waals surface area contributed by atoms with Gasteiger partial charge in [0, 0.05) is 18.8 Å². The third-order valence-electron chi connectivity index (χ3n) is 3.00. The van der Waals surface area contributed by atoms with Gasteiger partial charge in [-0.2, -0.15) is 5.26 Å². The minimum absolute atomic E-state index is 0.0645. The van der Waals surface area contributed by atoms with E-state index in [9.17, 15) is 10.1 Å². The van der Waals surface area contributed by atoms with Crippen molar-refractivity contribution in [3.63, 3.8) is 0 Å². The quantitative estimate of drug-likeness (QED) is 0.429. The van der Waals surface area contributed by atoms with Crippen LogP contribution in [-0.2, 0) is 0 Å². The van der Waals surface area contributed by atoms with Gasteiger partial charge in [0.15, 0.2) is 0 Å². The lowest BCUT2D eigenvalue weighted by molar-refractivity contribution is -0.380. The van der Waals surface area contributed by atoms with Crippen molar-refractivity contribution in [2.45, 2.75) is 13.3 Å². The summed E-state index contributed by atoms with van der Waals surface area (Å²) in [5, 5.41) is 27.3. The van der Waals surface area contributed by atoms with Crippen molar-refractivity contribution >= 4 is 32.8 Å². The first-order valence-corrected chi connectivity index (χ1v) is 7.69. The molecule has 0 aliphatic rings. The molecule has 0 unspecified atom stereocenters. The van der Waals surface area contributed by atoms with Crippen LogP contribution in [-0.4, -0.2) is 23.0 Å². The van der Waals surface area contributed by atoms with E-state index in [1.54, 1.807) is 12.1 Å². The molecule has 2 aromatic rings. The van der Waals surface area contributed by atoms with Gasteiger partial charge in [-0.05, 0) is 42.5 Å². The highest BCUT2D eigenvalue weighted by molar-refractivity contribution is 7.18. The average Bonchev–Trinajstić information content (AvgIpc) is 3.04. The number of thiazole rings is 1. The van der Waals surface area contributed by atoms with E-state index < -0.39 is 4.92 Å². The predicted octanol–water partition coefficient (Wildman–Crippen LogP) is 4.21. The molecule has 0 spiro atoms. The van der Waals surface area contributed by atoms with Gasteiger partial charge in [-0.3, -0.25) is 10.1 Å². The van der Waals surface area contributed by atoms with E-state index in [-0.39, 0.29) is 10.1 Å². The lowest BCUT2D eigenvalue weighted by Crippen LogP contribution is -2.23. The second-order valence-electron chi connectivity index (χ2n) is 4.44. The second kappa shape index (κ2) is 7.95. The molecule has 8 nitrogen and oxygen atoms in total. The van der Waals surface area contributed by atoms with Crippen molar-refractivity contribution in [2.24, 2.45) is 10.2 Å². The van der Waals surface area contributed by atoms with Crippen molar-refractivity contribution in [3.8, 4) is 6.07 Å². The molecule has 1 aromatic carbocycles. The number of nitriles is 1. The summed E-state index contributed by atoms with van der Waals surface area (Å²) in [5.74, 6) is 0. The zero-order valence-electron chi connectivity index (χ0n) is 12.4. The maximum Gasteiger partial charge on any atom is 0.345 e. The number of nitrogens with zero attached hydrogens (tertiary/aromatic N) is 6. The second-order valence-corrected chi connectivity index (χ2v) is 5.43. The minimum atomic E-state index is -0.508. The molecule has 0 saturated heterocycles. The lowest BCUT2D eigenvalue weighted by Gasteiger charge is -2.21. The summed E-state index contributed by atoms with van der Waals surface area (Å²) in [6.07, 6.45) is 1.63. The predicted molar refractivity (Wildman–Crippen MR) is 87.5 cm³/mol. The van der Waals surface area contributed by atoms with Crippen molar-refractivity contribution in [1.29, 1.82) is 5.26 Å². The number of nitro groups is 1. The molecular weight excluding hydrogens is 316 g/mol. The van der Waals surface area contributed by atoms with E-state index in [4.69, 9.17) is 5.26 Å². The Hall–Kier alpha value is -2.86. The molecule has 0 atom stereocenters. The van der Waals surface area contributed by atoms with Gasteiger partial charge in [0.25, 0.3) is 0 Å². The molecule has 0 saturated carbocycles. The smallest absolute Gasteiger partial charge is 0.345 e. The number of hydrogen-bond acceptors (Lipinski definition) is 8. The number of benzene rings is 1. The van der Waals surface area contributed by atoms with Crippen LogP contribution in [0.5, 0.6) is 0 Å². The maximum atomic E-state index is 10.6. The van der Waals surface area contributed by atoms with Gasteiger partial charge in [0.1, 0.15) is 6.20 Å². The fourth-order valence-corrected chi connectivity index (χ4v) is 2.43. The molecule has 0 aliphatic heterocycles. The molecule has 2 rings (SSSR count). The molecule has 23 heavy (non-hydrogen) atoms. The van der Waals surface area contributed by atoms with Crippen LogP contribution in [0.25, 0.3) is 0 Å². The Morgan fingerprint density at radius 3 is 2.70 bits per heavy atom. The highest BCUT2D eigenvalue weighted by atomic mass is 32.1. The standard InChI is InChI=1S/C14H14N6O2S/c1-2-19(9-3-8-15)12-6-4-11(5-7-12)17-18-14-16-10-13(23-14)20(21)22/h4-7,10H,2-3,9H2,1H3. The Kier molecular flexibility index (Phi) is 5.71. The van der Waals surface area contributed by atoms with Crippen LogP contribution in [0.3, 0.4) is 0 Å². The molecule has 0 aliphatic carbocycles. The molecule has 0 amide bonds. The Labute approximate surface area is 136 Å². The van der Waals surface area contributed by atoms with E-state index in [0.717, 1.165) is 29.8 Å². The minimum Gasteiger partial charge on any atom is -0.371 e. The SMILES string of the molecule is CCN(CCC#N)c1ccc(N=Nc2ncc([N+](=O)[O-])s2)cc1. The van der Waals surface area contributed by atoms with E-state index in [1.165, 1.54) is 0 Å². The Bertz CT molecular complexity index is 734. The molecule has 0 N–H and O–H groups in total. The molecule has 1 aromatic heterocycles. The largest absolute Gasteiger partial charge is 0.371 e. The van der Waals surface area contributed by atoms with Crippen molar-refractivity contribution in [3.05, 3.63) is 40.6 Å². The highest BCUT2D eigenvalue weighted by Gasteiger charge is 2.10. The third kappa shape index (κ3) is 4.55. The summed E-state index contributed by atoms with van der Waals surface area (Å²) >= 11 is 0.872. The van der Waals surface area contributed by atoms with E-state index in [1.807, 2.05) is 19.1 Å². The van der Waals surface area contributed by atoms with Gasteiger partial charge >= 0.3 is 5.00 Å². The van der Waals surface area contributed by atoms with Gasteiger partial charge in [0.2, 0.25) is 5.13 Å². The Morgan fingerprint density at radius 2 is 2.13 bits per heavy atom. The number of anilines is 1. The summed E-state index contributed by atoms with van der Waals surface area (Å²) in [6.45, 7) is 3.52. The zero-order chi connectivity index (χ0) is 16.7. The van der Waals surface area contributed by atoms with Gasteiger partial charge < -0.3 is 4.90 Å². The van der Waals surface area contributed by atoms with Crippen LogP contribution >= 0.6 is 11.3 Å². The fraction of sp³-hybridized carbons (Fsp3) is 0.286. The number of azo groups is 1. The van der Waals surface area contributed by atoms with Gasteiger partial charge in [-0.1, -0.05) is 0 Å².